The lowest BCUT2D eigenvalue weighted by atomic mass is 9.82. The Morgan fingerprint density at radius 1 is 1.03 bits per heavy atom. The summed E-state index contributed by atoms with van der Waals surface area (Å²) in [6, 6.07) is 10.5. The maximum absolute atomic E-state index is 14.9. The molecule has 0 heterocycles. The van der Waals surface area contributed by atoms with Gasteiger partial charge < -0.3 is 9.84 Å². The average molecular weight is 457 g/mol. The zero-order chi connectivity index (χ0) is 24.0. The number of rotatable bonds is 9. The van der Waals surface area contributed by atoms with Gasteiger partial charge in [-0.25, -0.2) is 13.2 Å². The Hall–Kier alpha value is -2.79. The molecule has 0 spiro atoms. The molecule has 0 amide bonds. The molecule has 2 aromatic carbocycles. The van der Waals surface area contributed by atoms with Gasteiger partial charge in [0.15, 0.2) is 17.5 Å². The highest BCUT2D eigenvalue weighted by molar-refractivity contribution is 5.65. The molecule has 0 saturated heterocycles. The van der Waals surface area contributed by atoms with Gasteiger partial charge in [-0.05, 0) is 74.1 Å². The van der Waals surface area contributed by atoms with Crippen LogP contribution in [0.25, 0.3) is 11.1 Å². The Bertz CT molecular complexity index is 1020. The maximum Gasteiger partial charge on any atom is 0.166 e. The molecule has 1 aliphatic carbocycles. The number of hydrogen-bond donors (Lipinski definition) is 1. The molecule has 33 heavy (non-hydrogen) atoms. The SMILES string of the molecule is C=C(/C=C(/F)C(=C)OCC)CCc1ccc(-c2ccc(C3CCC(O)CC3)c(F)c2F)cc1. The van der Waals surface area contributed by atoms with Crippen molar-refractivity contribution in [3.05, 3.63) is 95.6 Å². The van der Waals surface area contributed by atoms with E-state index in [1.165, 1.54) is 6.08 Å². The Morgan fingerprint density at radius 2 is 1.70 bits per heavy atom. The lowest BCUT2D eigenvalue weighted by molar-refractivity contribution is 0.122. The monoisotopic (exact) mass is 456 g/mol. The van der Waals surface area contributed by atoms with Crippen molar-refractivity contribution in [1.82, 2.24) is 0 Å². The first-order chi connectivity index (χ1) is 15.8. The third-order valence-electron chi connectivity index (χ3n) is 6.16. The lowest BCUT2D eigenvalue weighted by Gasteiger charge is -2.26. The number of hydrogen-bond acceptors (Lipinski definition) is 2. The van der Waals surface area contributed by atoms with Gasteiger partial charge in [0.25, 0.3) is 0 Å². The zero-order valence-corrected chi connectivity index (χ0v) is 19.0. The second kappa shape index (κ2) is 11.4. The van der Waals surface area contributed by atoms with E-state index in [-0.39, 0.29) is 23.3 Å². The van der Waals surface area contributed by atoms with Gasteiger partial charge in [0.2, 0.25) is 0 Å². The number of aliphatic hydroxyl groups excluding tert-OH is 1. The summed E-state index contributed by atoms with van der Waals surface area (Å²) in [5, 5.41) is 9.66. The predicted molar refractivity (Wildman–Crippen MR) is 126 cm³/mol. The molecule has 1 saturated carbocycles. The normalized spacial score (nSPS) is 18.8. The Balaban J connectivity index is 1.65. The number of benzene rings is 2. The van der Waals surface area contributed by atoms with Crippen LogP contribution in [0.3, 0.4) is 0 Å². The first-order valence-corrected chi connectivity index (χ1v) is 11.4. The molecular formula is C28H31F3O2. The van der Waals surface area contributed by atoms with Crippen LogP contribution in [0, 0.1) is 11.6 Å². The molecule has 176 valence electrons. The number of aryl methyl sites for hydroxylation is 1. The molecule has 2 aromatic rings. The molecule has 0 aliphatic heterocycles. The van der Waals surface area contributed by atoms with E-state index in [0.29, 0.717) is 61.8 Å². The lowest BCUT2D eigenvalue weighted by Crippen LogP contribution is -2.18. The highest BCUT2D eigenvalue weighted by Gasteiger charge is 2.25. The van der Waals surface area contributed by atoms with E-state index in [1.807, 2.05) is 12.1 Å². The molecule has 0 unspecified atom stereocenters. The van der Waals surface area contributed by atoms with E-state index in [0.717, 1.165) is 5.56 Å². The van der Waals surface area contributed by atoms with Crippen molar-refractivity contribution >= 4 is 0 Å². The summed E-state index contributed by atoms with van der Waals surface area (Å²) >= 11 is 0. The Labute approximate surface area is 194 Å². The van der Waals surface area contributed by atoms with Crippen LogP contribution in [0.4, 0.5) is 13.2 Å². The zero-order valence-electron chi connectivity index (χ0n) is 19.0. The first-order valence-electron chi connectivity index (χ1n) is 11.4. The molecule has 0 atom stereocenters. The van der Waals surface area contributed by atoms with Crippen molar-refractivity contribution in [3.63, 3.8) is 0 Å². The second-order valence-electron chi connectivity index (χ2n) is 8.54. The van der Waals surface area contributed by atoms with Crippen LogP contribution in [0.15, 0.2) is 72.8 Å². The number of allylic oxidation sites excluding steroid dienone is 3. The molecule has 1 fully saturated rings. The second-order valence-corrected chi connectivity index (χ2v) is 8.54. The largest absolute Gasteiger partial charge is 0.491 e. The third-order valence-corrected chi connectivity index (χ3v) is 6.16. The summed E-state index contributed by atoms with van der Waals surface area (Å²) in [7, 11) is 0. The summed E-state index contributed by atoms with van der Waals surface area (Å²) < 4.78 is 48.7. The van der Waals surface area contributed by atoms with E-state index in [4.69, 9.17) is 4.74 Å². The molecule has 1 N–H and O–H groups in total. The quantitative estimate of drug-likeness (QED) is 0.312. The third kappa shape index (κ3) is 6.38. The van der Waals surface area contributed by atoms with Crippen molar-refractivity contribution in [2.75, 3.05) is 6.61 Å². The fourth-order valence-electron chi connectivity index (χ4n) is 4.22. The molecule has 3 rings (SSSR count). The van der Waals surface area contributed by atoms with Gasteiger partial charge in [-0.3, -0.25) is 0 Å². The summed E-state index contributed by atoms with van der Waals surface area (Å²) in [6.07, 6.45) is 4.71. The van der Waals surface area contributed by atoms with E-state index in [1.54, 1.807) is 31.2 Å². The van der Waals surface area contributed by atoms with Crippen LogP contribution < -0.4 is 0 Å². The van der Waals surface area contributed by atoms with E-state index < -0.39 is 17.5 Å². The van der Waals surface area contributed by atoms with Gasteiger partial charge in [0.1, 0.15) is 5.76 Å². The Morgan fingerprint density at radius 3 is 2.33 bits per heavy atom. The molecule has 0 aromatic heterocycles. The van der Waals surface area contributed by atoms with Crippen LogP contribution in [0.2, 0.25) is 0 Å². The van der Waals surface area contributed by atoms with Crippen LogP contribution in [0.5, 0.6) is 0 Å². The minimum atomic E-state index is -0.838. The Kier molecular flexibility index (Phi) is 8.56. The molecule has 0 radical (unpaired) electrons. The molecule has 5 heteroatoms. The summed E-state index contributed by atoms with van der Waals surface area (Å²) in [5.41, 5.74) is 2.80. The summed E-state index contributed by atoms with van der Waals surface area (Å²) in [5.74, 6) is -2.24. The van der Waals surface area contributed by atoms with Gasteiger partial charge >= 0.3 is 0 Å². The van der Waals surface area contributed by atoms with Crippen LogP contribution in [-0.2, 0) is 11.2 Å². The predicted octanol–water partition coefficient (Wildman–Crippen LogP) is 7.54. The standard InChI is InChI=1S/C28H31F3O2/c1-4-33-19(3)26(29)17-18(2)5-6-20-7-9-21(10-8-20)24-15-16-25(28(31)27(24)30)22-11-13-23(32)14-12-22/h7-10,15-17,22-23,32H,2-6,11-14H2,1H3/b26-17+. The minimum absolute atomic E-state index is 0.00985. The van der Waals surface area contributed by atoms with Crippen molar-refractivity contribution in [1.29, 1.82) is 0 Å². The van der Waals surface area contributed by atoms with E-state index >= 15 is 0 Å². The summed E-state index contributed by atoms with van der Waals surface area (Å²) in [4.78, 5) is 0. The number of halogens is 3. The van der Waals surface area contributed by atoms with Gasteiger partial charge in [-0.15, -0.1) is 0 Å². The topological polar surface area (TPSA) is 29.5 Å². The fraction of sp³-hybridized carbons (Fsp3) is 0.357. The number of aliphatic hydroxyl groups is 1. The van der Waals surface area contributed by atoms with Crippen molar-refractivity contribution in [2.45, 2.75) is 57.5 Å². The van der Waals surface area contributed by atoms with Gasteiger partial charge in [0, 0.05) is 5.56 Å². The summed E-state index contributed by atoms with van der Waals surface area (Å²) in [6.45, 7) is 9.50. The van der Waals surface area contributed by atoms with Crippen LogP contribution >= 0.6 is 0 Å². The smallest absolute Gasteiger partial charge is 0.166 e. The van der Waals surface area contributed by atoms with Crippen LogP contribution in [-0.4, -0.2) is 17.8 Å². The van der Waals surface area contributed by atoms with Crippen molar-refractivity contribution in [2.24, 2.45) is 0 Å². The van der Waals surface area contributed by atoms with Gasteiger partial charge in [0.05, 0.1) is 12.7 Å². The highest BCUT2D eigenvalue weighted by atomic mass is 19.2. The molecular weight excluding hydrogens is 425 g/mol. The van der Waals surface area contributed by atoms with E-state index in [2.05, 4.69) is 13.2 Å². The molecule has 2 nitrogen and oxygen atoms in total. The first kappa shape index (κ1) is 24.8. The maximum atomic E-state index is 14.9. The van der Waals surface area contributed by atoms with Crippen LogP contribution in [0.1, 0.15) is 56.1 Å². The van der Waals surface area contributed by atoms with E-state index in [9.17, 15) is 18.3 Å². The van der Waals surface area contributed by atoms with Gasteiger partial charge in [-0.1, -0.05) is 55.1 Å². The number of ether oxygens (including phenoxy) is 1. The van der Waals surface area contributed by atoms with Gasteiger partial charge in [-0.2, -0.15) is 0 Å². The average Bonchev–Trinajstić information content (AvgIpc) is 2.81. The van der Waals surface area contributed by atoms with Crippen molar-refractivity contribution in [3.8, 4) is 11.1 Å². The molecule has 0 bridgehead atoms. The highest BCUT2D eigenvalue weighted by Crippen LogP contribution is 2.37. The fourth-order valence-corrected chi connectivity index (χ4v) is 4.22. The van der Waals surface area contributed by atoms with Crippen molar-refractivity contribution < 1.29 is 23.0 Å². The molecule has 1 aliphatic rings. The minimum Gasteiger partial charge on any atom is -0.491 e.